The van der Waals surface area contributed by atoms with Gasteiger partial charge in [-0.05, 0) is 55.0 Å². The molecule has 1 amide bonds. The second-order valence-corrected chi connectivity index (χ2v) is 9.06. The Kier molecular flexibility index (Phi) is 7.51. The molecular formula is C20H19N5O4S3. The quantitative estimate of drug-likeness (QED) is 0.342. The largest absolute Gasteiger partial charge is 0.478 e. The lowest BCUT2D eigenvalue weighted by molar-refractivity contribution is -0.115. The predicted octanol–water partition coefficient (Wildman–Crippen LogP) is 3.18. The molecule has 3 rings (SSSR count). The van der Waals surface area contributed by atoms with Crippen LogP contribution in [-0.4, -0.2) is 35.3 Å². The van der Waals surface area contributed by atoms with Crippen LogP contribution in [0, 0.1) is 6.92 Å². The number of carbonyl (C=O) groups is 1. The van der Waals surface area contributed by atoms with E-state index in [2.05, 4.69) is 24.1 Å². The van der Waals surface area contributed by atoms with E-state index in [-0.39, 0.29) is 21.7 Å². The lowest BCUT2D eigenvalue weighted by Crippen LogP contribution is -2.32. The summed E-state index contributed by atoms with van der Waals surface area (Å²) in [5, 5.41) is 5.44. The molecule has 12 heteroatoms. The van der Waals surface area contributed by atoms with Gasteiger partial charge in [0.15, 0.2) is 5.11 Å². The van der Waals surface area contributed by atoms with Gasteiger partial charge in [-0.15, -0.1) is 4.37 Å². The van der Waals surface area contributed by atoms with E-state index < -0.39 is 15.9 Å². The number of carbonyl (C=O) groups excluding carboxylic acids is 1. The average Bonchev–Trinajstić information content (AvgIpc) is 3.20. The first-order valence-corrected chi connectivity index (χ1v) is 11.7. The Balaban J connectivity index is 1.57. The van der Waals surface area contributed by atoms with Crippen LogP contribution >= 0.6 is 23.9 Å². The van der Waals surface area contributed by atoms with E-state index in [0.29, 0.717) is 5.69 Å². The van der Waals surface area contributed by atoms with Crippen LogP contribution in [0.5, 0.6) is 5.88 Å². The Morgan fingerprint density at radius 1 is 1.09 bits per heavy atom. The van der Waals surface area contributed by atoms with E-state index >= 15 is 0 Å². The number of thiocarbonyl (C=S) groups is 1. The second kappa shape index (κ2) is 10.3. The van der Waals surface area contributed by atoms with Crippen LogP contribution in [-0.2, 0) is 14.8 Å². The minimum atomic E-state index is -3.88. The number of aryl methyl sites for hydroxylation is 1. The molecule has 0 atom stereocenters. The SMILES string of the molecule is COc1nsnc1NS(=O)(=O)c1ccc(NC(=S)NC(=O)C=Cc2ccc(C)cc2)cc1. The zero-order valence-corrected chi connectivity index (χ0v) is 19.5. The van der Waals surface area contributed by atoms with Gasteiger partial charge in [0.1, 0.15) is 0 Å². The monoisotopic (exact) mass is 489 g/mol. The van der Waals surface area contributed by atoms with Crippen LogP contribution in [0.4, 0.5) is 11.5 Å². The number of nitrogens with zero attached hydrogens (tertiary/aromatic N) is 2. The number of benzene rings is 2. The fourth-order valence-electron chi connectivity index (χ4n) is 2.45. The normalized spacial score (nSPS) is 11.2. The highest BCUT2D eigenvalue weighted by atomic mass is 32.2. The summed E-state index contributed by atoms with van der Waals surface area (Å²) in [5.41, 5.74) is 2.53. The molecule has 9 nitrogen and oxygen atoms in total. The number of rotatable bonds is 7. The Morgan fingerprint density at radius 2 is 1.78 bits per heavy atom. The second-order valence-electron chi connectivity index (χ2n) is 6.44. The molecule has 3 N–H and O–H groups in total. The van der Waals surface area contributed by atoms with Gasteiger partial charge in [0.05, 0.1) is 23.7 Å². The molecule has 32 heavy (non-hydrogen) atoms. The van der Waals surface area contributed by atoms with Crippen LogP contribution in [0.25, 0.3) is 6.08 Å². The molecule has 0 aliphatic rings. The molecule has 0 unspecified atom stereocenters. The van der Waals surface area contributed by atoms with Crippen molar-refractivity contribution in [2.75, 3.05) is 17.1 Å². The van der Waals surface area contributed by atoms with Gasteiger partial charge < -0.3 is 10.1 Å². The third-order valence-electron chi connectivity index (χ3n) is 4.05. The van der Waals surface area contributed by atoms with Crippen molar-refractivity contribution in [1.82, 2.24) is 14.1 Å². The van der Waals surface area contributed by atoms with Crippen molar-refractivity contribution in [2.45, 2.75) is 11.8 Å². The maximum Gasteiger partial charge on any atom is 0.271 e. The maximum absolute atomic E-state index is 12.5. The highest BCUT2D eigenvalue weighted by Crippen LogP contribution is 2.24. The first-order valence-electron chi connectivity index (χ1n) is 9.13. The Bertz CT molecular complexity index is 1240. The summed E-state index contributed by atoms with van der Waals surface area (Å²) in [6, 6.07) is 13.5. The highest BCUT2D eigenvalue weighted by molar-refractivity contribution is 7.92. The van der Waals surface area contributed by atoms with Crippen LogP contribution in [0.1, 0.15) is 11.1 Å². The van der Waals surface area contributed by atoms with Gasteiger partial charge in [-0.3, -0.25) is 14.8 Å². The summed E-state index contributed by atoms with van der Waals surface area (Å²) in [6.45, 7) is 1.98. The van der Waals surface area contributed by atoms with E-state index in [4.69, 9.17) is 17.0 Å². The number of aromatic nitrogens is 2. The Morgan fingerprint density at radius 3 is 2.44 bits per heavy atom. The zero-order chi connectivity index (χ0) is 23.1. The summed E-state index contributed by atoms with van der Waals surface area (Å²) >= 11 is 5.96. The molecule has 0 saturated carbocycles. The average molecular weight is 490 g/mol. The number of hydrogen-bond donors (Lipinski definition) is 3. The molecule has 2 aromatic carbocycles. The lowest BCUT2D eigenvalue weighted by Gasteiger charge is -2.10. The number of anilines is 2. The van der Waals surface area contributed by atoms with E-state index in [1.807, 2.05) is 31.2 Å². The van der Waals surface area contributed by atoms with E-state index in [1.54, 1.807) is 6.08 Å². The van der Waals surface area contributed by atoms with Gasteiger partial charge in [0.25, 0.3) is 15.9 Å². The third kappa shape index (κ3) is 6.33. The van der Waals surface area contributed by atoms with Gasteiger partial charge >= 0.3 is 0 Å². The minimum Gasteiger partial charge on any atom is -0.478 e. The molecule has 0 bridgehead atoms. The fraction of sp³-hybridized carbons (Fsp3) is 0.100. The first-order chi connectivity index (χ1) is 15.3. The third-order valence-corrected chi connectivity index (χ3v) is 6.12. The van der Waals surface area contributed by atoms with E-state index in [1.165, 1.54) is 37.5 Å². The molecule has 0 fully saturated rings. The predicted molar refractivity (Wildman–Crippen MR) is 128 cm³/mol. The van der Waals surface area contributed by atoms with E-state index in [9.17, 15) is 13.2 Å². The fourth-order valence-corrected chi connectivity index (χ4v) is 4.20. The summed E-state index contributed by atoms with van der Waals surface area (Å²) in [7, 11) is -2.51. The van der Waals surface area contributed by atoms with Crippen LogP contribution in [0.15, 0.2) is 59.5 Å². The maximum atomic E-state index is 12.5. The number of amides is 1. The Labute approximate surface area is 194 Å². The standard InChI is InChI=1S/C20H19N5O4S3/c1-13-3-5-14(6-4-13)7-12-17(26)22-20(30)21-15-8-10-16(11-9-15)32(27,28)25-18-19(29-2)24-31-23-18/h3-12H,1-2H3,(H,23,25)(H2,21,22,26,30). The lowest BCUT2D eigenvalue weighted by atomic mass is 10.1. The summed E-state index contributed by atoms with van der Waals surface area (Å²) in [5.74, 6) is -0.283. The molecule has 0 aliphatic heterocycles. The van der Waals surface area contributed by atoms with Crippen molar-refractivity contribution in [3.05, 3.63) is 65.7 Å². The minimum absolute atomic E-state index is 0.00841. The number of hydrogen-bond acceptors (Lipinski definition) is 8. The van der Waals surface area contributed by atoms with Crippen molar-refractivity contribution < 1.29 is 17.9 Å². The topological polar surface area (TPSA) is 122 Å². The number of ether oxygens (including phenoxy) is 1. The summed E-state index contributed by atoms with van der Waals surface area (Å²) in [4.78, 5) is 12.0. The van der Waals surface area contributed by atoms with Crippen molar-refractivity contribution in [2.24, 2.45) is 0 Å². The molecule has 1 aromatic heterocycles. The molecule has 166 valence electrons. The molecule has 3 aromatic rings. The van der Waals surface area contributed by atoms with Gasteiger partial charge in [0, 0.05) is 11.8 Å². The highest BCUT2D eigenvalue weighted by Gasteiger charge is 2.19. The molecule has 0 spiro atoms. The van der Waals surface area contributed by atoms with Crippen molar-refractivity contribution in [1.29, 1.82) is 0 Å². The Hall–Kier alpha value is -3.35. The van der Waals surface area contributed by atoms with Crippen LogP contribution < -0.4 is 20.1 Å². The first kappa shape index (κ1) is 23.3. The van der Waals surface area contributed by atoms with Crippen molar-refractivity contribution in [3.8, 4) is 5.88 Å². The smallest absolute Gasteiger partial charge is 0.271 e. The molecule has 0 saturated heterocycles. The van der Waals surface area contributed by atoms with Crippen molar-refractivity contribution >= 4 is 62.6 Å². The van der Waals surface area contributed by atoms with E-state index in [0.717, 1.165) is 22.9 Å². The van der Waals surface area contributed by atoms with Gasteiger partial charge in [0.2, 0.25) is 11.7 Å². The number of methoxy groups -OCH3 is 1. The summed E-state index contributed by atoms with van der Waals surface area (Å²) < 4.78 is 40.0. The molecular weight excluding hydrogens is 470 g/mol. The number of sulfonamides is 1. The van der Waals surface area contributed by atoms with Gasteiger partial charge in [-0.1, -0.05) is 29.8 Å². The summed E-state index contributed by atoms with van der Waals surface area (Å²) in [6.07, 6.45) is 3.05. The van der Waals surface area contributed by atoms with Crippen LogP contribution in [0.2, 0.25) is 0 Å². The number of nitrogens with one attached hydrogen (secondary N) is 3. The molecule has 0 aliphatic carbocycles. The van der Waals surface area contributed by atoms with Crippen LogP contribution in [0.3, 0.4) is 0 Å². The zero-order valence-electron chi connectivity index (χ0n) is 17.0. The van der Waals surface area contributed by atoms with Crippen molar-refractivity contribution in [3.63, 3.8) is 0 Å². The van der Waals surface area contributed by atoms with Gasteiger partial charge in [-0.25, -0.2) is 8.42 Å². The molecule has 0 radical (unpaired) electrons. The van der Waals surface area contributed by atoms with Gasteiger partial charge in [-0.2, -0.15) is 4.37 Å². The molecule has 1 heterocycles.